The number of hydrogen-bond donors (Lipinski definition) is 0. The summed E-state index contributed by atoms with van der Waals surface area (Å²) >= 11 is 0. The van der Waals surface area contributed by atoms with Crippen LogP contribution in [0.25, 0.3) is 0 Å². The summed E-state index contributed by atoms with van der Waals surface area (Å²) in [4.78, 5) is -0.0103. The summed E-state index contributed by atoms with van der Waals surface area (Å²) in [5.41, 5.74) is 0. The van der Waals surface area contributed by atoms with E-state index in [0.717, 1.165) is 0 Å². The van der Waals surface area contributed by atoms with Crippen LogP contribution in [-0.2, 0) is 25.4 Å². The maximum absolute atomic E-state index is 12.8. The van der Waals surface area contributed by atoms with Crippen molar-refractivity contribution in [2.45, 2.75) is 20.4 Å². The fraction of sp³-hybridized carbons (Fsp3) is 0.111. The molecule has 136 valence electrons. The molecule has 0 amide bonds. The van der Waals surface area contributed by atoms with E-state index in [9.17, 15) is 16.8 Å². The Balaban J connectivity index is 2.00. The molecule has 0 saturated heterocycles. The molecular weight excluding hydrogens is 376 g/mol. The Kier molecular flexibility index (Phi) is 4.88. The molecule has 3 aromatic rings. The molecule has 0 aliphatic carbocycles. The highest BCUT2D eigenvalue weighted by Crippen LogP contribution is 2.33. The zero-order valence-corrected chi connectivity index (χ0v) is 15.5. The fourth-order valence-corrected chi connectivity index (χ4v) is 5.09. The molecule has 1 heterocycles. The topological polar surface area (TPSA) is 90.7 Å². The average Bonchev–Trinajstić information content (AvgIpc) is 3.06. The van der Waals surface area contributed by atoms with Gasteiger partial charge in [-0.1, -0.05) is 36.4 Å². The molecule has 2 aromatic carbocycles. The lowest BCUT2D eigenvalue weighted by Crippen LogP contribution is -2.04. The minimum atomic E-state index is -3.89. The first kappa shape index (κ1) is 18.2. The summed E-state index contributed by atoms with van der Waals surface area (Å²) in [6, 6.07) is 16.9. The number of hydrogen-bond acceptors (Lipinski definition) is 6. The van der Waals surface area contributed by atoms with Crippen LogP contribution in [0.15, 0.2) is 85.8 Å². The summed E-state index contributed by atoms with van der Waals surface area (Å²) in [5, 5.41) is 0. The summed E-state index contributed by atoms with van der Waals surface area (Å²) in [6.45, 7) is 0. The van der Waals surface area contributed by atoms with Crippen molar-refractivity contribution < 1.29 is 26.0 Å². The van der Waals surface area contributed by atoms with Crippen LogP contribution in [0.1, 0.15) is 5.76 Å². The van der Waals surface area contributed by atoms with Crippen molar-refractivity contribution in [2.24, 2.45) is 0 Å². The van der Waals surface area contributed by atoms with Crippen LogP contribution >= 0.6 is 0 Å². The Morgan fingerprint density at radius 3 is 1.92 bits per heavy atom. The van der Waals surface area contributed by atoms with Gasteiger partial charge in [0.05, 0.1) is 16.9 Å². The minimum Gasteiger partial charge on any atom is -0.468 e. The van der Waals surface area contributed by atoms with Gasteiger partial charge in [-0.2, -0.15) is 0 Å². The minimum absolute atomic E-state index is 0.0137. The molecule has 0 fully saturated rings. The summed E-state index contributed by atoms with van der Waals surface area (Å²) in [7, 11) is -6.31. The van der Waals surface area contributed by atoms with E-state index >= 15 is 0 Å². The van der Waals surface area contributed by atoms with E-state index in [-0.39, 0.29) is 26.4 Å². The van der Waals surface area contributed by atoms with Gasteiger partial charge in [-0.15, -0.1) is 0 Å². The molecule has 0 N–H and O–H groups in total. The Morgan fingerprint density at radius 1 is 0.846 bits per heavy atom. The summed E-state index contributed by atoms with van der Waals surface area (Å²) in [6.07, 6.45) is 0. The van der Waals surface area contributed by atoms with Crippen LogP contribution < -0.4 is 4.74 Å². The summed E-state index contributed by atoms with van der Waals surface area (Å²) in [5.74, 6) is -0.732. The predicted octanol–water partition coefficient (Wildman–Crippen LogP) is 3.09. The van der Waals surface area contributed by atoms with Crippen molar-refractivity contribution in [1.82, 2.24) is 0 Å². The second kappa shape index (κ2) is 6.97. The third-order valence-corrected chi connectivity index (χ3v) is 7.09. The highest BCUT2D eigenvalue weighted by atomic mass is 32.2. The van der Waals surface area contributed by atoms with Crippen molar-refractivity contribution in [3.05, 3.63) is 72.5 Å². The second-order valence-corrected chi connectivity index (χ2v) is 9.36. The molecule has 1 aromatic heterocycles. The van der Waals surface area contributed by atoms with E-state index < -0.39 is 25.4 Å². The first-order valence-electron chi connectivity index (χ1n) is 7.59. The van der Waals surface area contributed by atoms with E-state index in [4.69, 9.17) is 9.15 Å². The van der Waals surface area contributed by atoms with E-state index in [1.807, 2.05) is 0 Å². The Morgan fingerprint density at radius 2 is 1.38 bits per heavy atom. The monoisotopic (exact) mass is 392 g/mol. The number of rotatable bonds is 6. The lowest BCUT2D eigenvalue weighted by atomic mass is 10.4. The summed E-state index contributed by atoms with van der Waals surface area (Å²) < 4.78 is 60.9. The lowest BCUT2D eigenvalue weighted by Gasteiger charge is -2.03. The molecule has 0 unspecified atom stereocenters. The molecule has 6 nitrogen and oxygen atoms in total. The molecule has 0 radical (unpaired) electrons. The SMILES string of the molecule is COc1oc(CS(=O)(=O)c2ccccc2)cc1S(=O)(=O)c1ccccc1. The van der Waals surface area contributed by atoms with Crippen LogP contribution in [0.5, 0.6) is 5.95 Å². The maximum Gasteiger partial charge on any atom is 0.304 e. The van der Waals surface area contributed by atoms with E-state index in [2.05, 4.69) is 0 Å². The van der Waals surface area contributed by atoms with Crippen LogP contribution in [-0.4, -0.2) is 23.9 Å². The first-order valence-corrected chi connectivity index (χ1v) is 10.7. The molecule has 3 rings (SSSR count). The maximum atomic E-state index is 12.8. The molecule has 0 aliphatic heterocycles. The molecule has 26 heavy (non-hydrogen) atoms. The zero-order valence-electron chi connectivity index (χ0n) is 13.8. The Labute approximate surface area is 151 Å². The van der Waals surface area contributed by atoms with Gasteiger partial charge >= 0.3 is 5.95 Å². The highest BCUT2D eigenvalue weighted by Gasteiger charge is 2.28. The molecule has 0 aliphatic rings. The van der Waals surface area contributed by atoms with Crippen molar-refractivity contribution in [2.75, 3.05) is 7.11 Å². The number of benzene rings is 2. The van der Waals surface area contributed by atoms with Gasteiger partial charge in [0.1, 0.15) is 11.5 Å². The van der Waals surface area contributed by atoms with Crippen molar-refractivity contribution in [3.63, 3.8) is 0 Å². The van der Waals surface area contributed by atoms with E-state index in [1.165, 1.54) is 37.4 Å². The van der Waals surface area contributed by atoms with Crippen molar-refractivity contribution >= 4 is 19.7 Å². The van der Waals surface area contributed by atoms with Gasteiger partial charge in [-0.3, -0.25) is 0 Å². The lowest BCUT2D eigenvalue weighted by molar-refractivity contribution is 0.288. The van der Waals surface area contributed by atoms with Crippen LogP contribution in [0.4, 0.5) is 0 Å². The van der Waals surface area contributed by atoms with Crippen LogP contribution in [0.2, 0.25) is 0 Å². The molecular formula is C18H16O6S2. The van der Waals surface area contributed by atoms with Crippen molar-refractivity contribution in [3.8, 4) is 5.95 Å². The van der Waals surface area contributed by atoms with Gasteiger partial charge in [0, 0.05) is 6.07 Å². The average molecular weight is 392 g/mol. The fourth-order valence-electron chi connectivity index (χ4n) is 2.43. The number of furan rings is 1. The first-order chi connectivity index (χ1) is 12.3. The normalized spacial score (nSPS) is 12.0. The van der Waals surface area contributed by atoms with Gasteiger partial charge in [0.25, 0.3) is 0 Å². The van der Waals surface area contributed by atoms with Gasteiger partial charge < -0.3 is 9.15 Å². The molecule has 0 atom stereocenters. The molecule has 0 spiro atoms. The van der Waals surface area contributed by atoms with Crippen molar-refractivity contribution in [1.29, 1.82) is 0 Å². The zero-order chi connectivity index (χ0) is 18.8. The number of sulfone groups is 2. The van der Waals surface area contributed by atoms with Gasteiger partial charge in [0.15, 0.2) is 14.7 Å². The van der Waals surface area contributed by atoms with Gasteiger partial charge in [-0.05, 0) is 24.3 Å². The van der Waals surface area contributed by atoms with E-state index in [0.29, 0.717) is 0 Å². The standard InChI is InChI=1S/C18H16O6S2/c1-23-18-17(26(21,22)16-10-6-3-7-11-16)12-14(24-18)13-25(19,20)15-8-4-2-5-9-15/h2-12H,13H2,1H3. The Bertz CT molecular complexity index is 1100. The van der Waals surface area contributed by atoms with Crippen LogP contribution in [0.3, 0.4) is 0 Å². The van der Waals surface area contributed by atoms with Gasteiger partial charge in [0.2, 0.25) is 9.84 Å². The van der Waals surface area contributed by atoms with E-state index in [1.54, 1.807) is 36.4 Å². The second-order valence-electron chi connectivity index (χ2n) is 5.46. The third kappa shape index (κ3) is 3.51. The van der Waals surface area contributed by atoms with Gasteiger partial charge in [-0.25, -0.2) is 16.8 Å². The quantitative estimate of drug-likeness (QED) is 0.640. The number of ether oxygens (including phenoxy) is 1. The number of methoxy groups -OCH3 is 1. The Hall–Kier alpha value is -2.58. The highest BCUT2D eigenvalue weighted by molar-refractivity contribution is 7.91. The molecule has 0 bridgehead atoms. The largest absolute Gasteiger partial charge is 0.468 e. The smallest absolute Gasteiger partial charge is 0.304 e. The predicted molar refractivity (Wildman–Crippen MR) is 94.5 cm³/mol. The molecule has 0 saturated carbocycles. The third-order valence-electron chi connectivity index (χ3n) is 3.68. The van der Waals surface area contributed by atoms with Crippen LogP contribution in [0, 0.1) is 0 Å². The molecule has 8 heteroatoms.